The van der Waals surface area contributed by atoms with Crippen molar-refractivity contribution in [2.75, 3.05) is 26.7 Å². The molecule has 0 aliphatic carbocycles. The normalized spacial score (nSPS) is 18.5. The van der Waals surface area contributed by atoms with E-state index in [4.69, 9.17) is 15.7 Å². The van der Waals surface area contributed by atoms with Gasteiger partial charge in [-0.1, -0.05) is 107 Å². The summed E-state index contributed by atoms with van der Waals surface area (Å²) in [6.45, 7) is 22.6. The van der Waals surface area contributed by atoms with E-state index in [1.165, 1.54) is 12.1 Å². The first-order chi connectivity index (χ1) is 21.2. The van der Waals surface area contributed by atoms with Gasteiger partial charge in [0, 0.05) is 13.7 Å². The molecular formula is C37H58FN3O3. The van der Waals surface area contributed by atoms with Crippen LogP contribution in [0.2, 0.25) is 0 Å². The minimum Gasteiger partial charge on any atom is -0.505 e. The Bertz CT molecular complexity index is 1180. The molecule has 0 bridgehead atoms. The van der Waals surface area contributed by atoms with Crippen molar-refractivity contribution in [2.24, 2.45) is 22.7 Å². The van der Waals surface area contributed by atoms with Crippen LogP contribution in [-0.2, 0) is 16.8 Å². The molecule has 7 heteroatoms. The number of hydrogen-bond donors (Lipinski definition) is 3. The van der Waals surface area contributed by atoms with Crippen LogP contribution < -0.4 is 5.73 Å². The number of allylic oxidation sites excluding steroid dienone is 3. The fourth-order valence-electron chi connectivity index (χ4n) is 5.33. The number of nitrogens with zero attached hydrogens (tertiary/aromatic N) is 2. The number of hydrogen-bond acceptors (Lipinski definition) is 6. The smallest absolute Gasteiger partial charge is 0.165 e. The van der Waals surface area contributed by atoms with Gasteiger partial charge in [0.1, 0.15) is 11.3 Å². The lowest BCUT2D eigenvalue weighted by atomic mass is 9.80. The van der Waals surface area contributed by atoms with Gasteiger partial charge < -0.3 is 20.8 Å². The van der Waals surface area contributed by atoms with E-state index in [9.17, 15) is 9.50 Å². The number of nitrogens with two attached hydrogens (primary N) is 1. The van der Waals surface area contributed by atoms with Gasteiger partial charge in [-0.3, -0.25) is 4.90 Å². The van der Waals surface area contributed by atoms with E-state index in [0.717, 1.165) is 56.2 Å². The number of rotatable bonds is 11. The Labute approximate surface area is 266 Å². The second-order valence-corrected chi connectivity index (χ2v) is 10.3. The maximum absolute atomic E-state index is 13.9. The zero-order valence-corrected chi connectivity index (χ0v) is 28.6. The number of aromatic hydroxyl groups is 1. The maximum atomic E-state index is 13.9. The maximum Gasteiger partial charge on any atom is 0.165 e. The largest absolute Gasteiger partial charge is 0.505 e. The van der Waals surface area contributed by atoms with E-state index >= 15 is 0 Å². The van der Waals surface area contributed by atoms with Gasteiger partial charge in [-0.15, -0.1) is 0 Å². The molecule has 44 heavy (non-hydrogen) atoms. The highest BCUT2D eigenvalue weighted by Crippen LogP contribution is 2.31. The molecule has 246 valence electrons. The highest BCUT2D eigenvalue weighted by atomic mass is 19.1. The van der Waals surface area contributed by atoms with E-state index in [0.29, 0.717) is 29.9 Å². The van der Waals surface area contributed by atoms with Crippen LogP contribution in [0.4, 0.5) is 4.39 Å². The molecule has 1 aliphatic heterocycles. The van der Waals surface area contributed by atoms with E-state index < -0.39 is 11.4 Å². The van der Waals surface area contributed by atoms with Crippen LogP contribution in [0.5, 0.6) is 5.75 Å². The molecule has 2 aromatic rings. The molecule has 2 aromatic carbocycles. The Morgan fingerprint density at radius 2 is 1.75 bits per heavy atom. The number of piperidine rings is 1. The van der Waals surface area contributed by atoms with Crippen LogP contribution in [0.3, 0.4) is 0 Å². The average molecular weight is 612 g/mol. The zero-order chi connectivity index (χ0) is 33.7. The summed E-state index contributed by atoms with van der Waals surface area (Å²) >= 11 is 0. The van der Waals surface area contributed by atoms with Crippen LogP contribution in [0, 0.1) is 17.7 Å². The zero-order valence-electron chi connectivity index (χ0n) is 28.6. The van der Waals surface area contributed by atoms with Crippen LogP contribution in [0.15, 0.2) is 89.8 Å². The van der Waals surface area contributed by atoms with Crippen LogP contribution in [0.25, 0.3) is 0 Å². The Balaban J connectivity index is 0.00000290. The Kier molecular flexibility index (Phi) is 20.6. The summed E-state index contributed by atoms with van der Waals surface area (Å²) in [7, 11) is 1.00. The van der Waals surface area contributed by atoms with Crippen LogP contribution in [-0.4, -0.2) is 47.6 Å². The highest BCUT2D eigenvalue weighted by Gasteiger charge is 2.34. The van der Waals surface area contributed by atoms with Crippen molar-refractivity contribution >= 4 is 5.71 Å². The molecule has 6 nitrogen and oxygen atoms in total. The standard InChI is InChI=1S/C32H42FN3O2.2C2H6.CH4O/c1-6-8-12-23(3)32(34,29-13-10-9-11-14-29)25(5)35-38-24(4)21-36-18-17-27(7-2)28(22-36)19-26-15-16-31(37)30(33)20-26;3*1-2/h6,8-16,20,27-28,37H,4,7,17-19,21-22,34H2,1-3,5H3;2*1-2H3;2H,1H3/b8-6-,23-12+,35-25+;;;. The molecule has 1 saturated heterocycles. The van der Waals surface area contributed by atoms with Crippen LogP contribution >= 0.6 is 0 Å². The minimum absolute atomic E-state index is 0.309. The number of phenols is 1. The first-order valence-corrected chi connectivity index (χ1v) is 15.9. The molecule has 4 N–H and O–H groups in total. The number of halogens is 1. The van der Waals surface area contributed by atoms with Crippen molar-refractivity contribution in [1.29, 1.82) is 0 Å². The van der Waals surface area contributed by atoms with Gasteiger partial charge in [0.25, 0.3) is 0 Å². The lowest BCUT2D eigenvalue weighted by Gasteiger charge is -2.38. The van der Waals surface area contributed by atoms with Gasteiger partial charge in [-0.2, -0.15) is 0 Å². The number of benzene rings is 2. The number of aliphatic hydroxyl groups is 1. The van der Waals surface area contributed by atoms with Gasteiger partial charge in [0.15, 0.2) is 11.6 Å². The molecule has 3 rings (SSSR count). The summed E-state index contributed by atoms with van der Waals surface area (Å²) in [6.07, 6.45) is 8.84. The molecule has 3 atom stereocenters. The van der Waals surface area contributed by atoms with Crippen molar-refractivity contribution in [3.63, 3.8) is 0 Å². The Hall–Kier alpha value is -3.26. The predicted molar refractivity (Wildman–Crippen MR) is 185 cm³/mol. The molecule has 0 radical (unpaired) electrons. The SMILES string of the molecule is C=C(CN1CCC(CC)C(Cc2ccc(O)c(F)c2)C1)O/N=C(\C)C(N)(/C(C)=C/C=C\C)c1ccccc1.CC.CC.CO. The third kappa shape index (κ3) is 12.0. The molecule has 1 aliphatic rings. The van der Waals surface area contributed by atoms with E-state index in [-0.39, 0.29) is 5.75 Å². The molecular weight excluding hydrogens is 553 g/mol. The van der Waals surface area contributed by atoms with Crippen molar-refractivity contribution in [2.45, 2.75) is 80.2 Å². The summed E-state index contributed by atoms with van der Waals surface area (Å²) in [5, 5.41) is 21.0. The second kappa shape index (κ2) is 22.3. The number of oxime groups is 1. The first-order valence-electron chi connectivity index (χ1n) is 15.9. The van der Waals surface area contributed by atoms with Crippen LogP contribution in [0.1, 0.15) is 79.4 Å². The number of phenolic OH excluding ortho intramolecular Hbond substituents is 1. The van der Waals surface area contributed by atoms with Crippen molar-refractivity contribution < 1.29 is 19.4 Å². The molecule has 3 unspecified atom stereocenters. The third-order valence-electron chi connectivity index (χ3n) is 7.68. The van der Waals surface area contributed by atoms with E-state index in [1.54, 1.807) is 0 Å². The highest BCUT2D eigenvalue weighted by molar-refractivity contribution is 5.95. The first kappa shape index (κ1) is 40.7. The lowest BCUT2D eigenvalue weighted by molar-refractivity contribution is 0.101. The molecule has 0 spiro atoms. The summed E-state index contributed by atoms with van der Waals surface area (Å²) in [6, 6.07) is 14.6. The van der Waals surface area contributed by atoms with Gasteiger partial charge in [-0.25, -0.2) is 4.39 Å². The quantitative estimate of drug-likeness (QED) is 0.103. The van der Waals surface area contributed by atoms with Gasteiger partial charge in [-0.05, 0) is 80.8 Å². The monoisotopic (exact) mass is 611 g/mol. The van der Waals surface area contributed by atoms with Crippen molar-refractivity contribution in [1.82, 2.24) is 4.90 Å². The summed E-state index contributed by atoms with van der Waals surface area (Å²) in [5.41, 5.74) is 9.48. The molecule has 1 heterocycles. The topological polar surface area (TPSA) is 91.3 Å². The van der Waals surface area contributed by atoms with Gasteiger partial charge in [0.2, 0.25) is 0 Å². The minimum atomic E-state index is -0.912. The Morgan fingerprint density at radius 1 is 1.11 bits per heavy atom. The number of likely N-dealkylation sites (tertiary alicyclic amines) is 1. The molecule has 0 saturated carbocycles. The molecule has 1 fully saturated rings. The predicted octanol–water partition coefficient (Wildman–Crippen LogP) is 8.37. The average Bonchev–Trinajstić information content (AvgIpc) is 3.07. The fraction of sp³-hybridized carbons (Fsp3) is 0.486. The van der Waals surface area contributed by atoms with Crippen molar-refractivity contribution in [3.05, 3.63) is 102 Å². The Morgan fingerprint density at radius 3 is 2.32 bits per heavy atom. The summed E-state index contributed by atoms with van der Waals surface area (Å²) < 4.78 is 13.9. The lowest BCUT2D eigenvalue weighted by Crippen LogP contribution is -2.45. The van der Waals surface area contributed by atoms with Gasteiger partial charge in [0.05, 0.1) is 12.3 Å². The second-order valence-electron chi connectivity index (χ2n) is 10.3. The van der Waals surface area contributed by atoms with Crippen molar-refractivity contribution in [3.8, 4) is 5.75 Å². The summed E-state index contributed by atoms with van der Waals surface area (Å²) in [5.74, 6) is 0.620. The summed E-state index contributed by atoms with van der Waals surface area (Å²) in [4.78, 5) is 8.14. The van der Waals surface area contributed by atoms with E-state index in [1.807, 2.05) is 103 Å². The fourth-order valence-corrected chi connectivity index (χ4v) is 5.33. The third-order valence-corrected chi connectivity index (χ3v) is 7.68. The van der Waals surface area contributed by atoms with E-state index in [2.05, 4.69) is 23.6 Å². The van der Waals surface area contributed by atoms with Gasteiger partial charge >= 0.3 is 0 Å². The number of aliphatic hydroxyl groups excluding tert-OH is 1. The molecule has 0 amide bonds. The molecule has 0 aromatic heterocycles.